The fraction of sp³-hybridized carbons (Fsp3) is 0.522. The van der Waals surface area contributed by atoms with Gasteiger partial charge in [0.15, 0.2) is 11.6 Å². The number of halogens is 1. The van der Waals surface area contributed by atoms with Crippen LogP contribution in [0.1, 0.15) is 58.9 Å². The maximum atomic E-state index is 14.7. The van der Waals surface area contributed by atoms with Crippen LogP contribution in [0.25, 0.3) is 0 Å². The van der Waals surface area contributed by atoms with Crippen LogP contribution in [0.15, 0.2) is 18.2 Å². The molecular weight excluding hydrogens is 419 g/mol. The van der Waals surface area contributed by atoms with Gasteiger partial charge in [0.2, 0.25) is 5.91 Å². The molecule has 0 aromatic heterocycles. The lowest BCUT2D eigenvalue weighted by Gasteiger charge is -2.23. The number of nitrogens with two attached hydrogens (primary N) is 1. The van der Waals surface area contributed by atoms with Gasteiger partial charge >= 0.3 is 12.1 Å². The molecule has 0 saturated carbocycles. The van der Waals surface area contributed by atoms with Gasteiger partial charge < -0.3 is 25.6 Å². The van der Waals surface area contributed by atoms with E-state index in [1.807, 2.05) is 0 Å². The van der Waals surface area contributed by atoms with E-state index in [4.69, 9.17) is 20.3 Å². The van der Waals surface area contributed by atoms with Crippen LogP contribution in [-0.2, 0) is 14.3 Å². The minimum absolute atomic E-state index is 0.00654. The van der Waals surface area contributed by atoms with Gasteiger partial charge in [-0.1, -0.05) is 24.8 Å². The monoisotopic (exact) mass is 450 g/mol. The van der Waals surface area contributed by atoms with E-state index >= 15 is 0 Å². The molecule has 9 heteroatoms. The highest BCUT2D eigenvalue weighted by atomic mass is 19.1. The normalized spacial score (nSPS) is 12.7. The highest BCUT2D eigenvalue weighted by Crippen LogP contribution is 2.20. The summed E-state index contributed by atoms with van der Waals surface area (Å²) in [5, 5.41) is 11.5. The van der Waals surface area contributed by atoms with Crippen molar-refractivity contribution in [3.63, 3.8) is 0 Å². The van der Waals surface area contributed by atoms with Crippen molar-refractivity contribution in [2.45, 2.75) is 65.0 Å². The third-order valence-corrected chi connectivity index (χ3v) is 4.21. The molecule has 0 aliphatic heterocycles. The van der Waals surface area contributed by atoms with Gasteiger partial charge in [0.1, 0.15) is 12.2 Å². The summed E-state index contributed by atoms with van der Waals surface area (Å²) in [7, 11) is 0. The number of ether oxygens (including phenoxy) is 2. The summed E-state index contributed by atoms with van der Waals surface area (Å²) in [6.45, 7) is 6.61. The summed E-state index contributed by atoms with van der Waals surface area (Å²) in [5.41, 5.74) is 4.59. The first-order chi connectivity index (χ1) is 14.9. The molecule has 2 amide bonds. The van der Waals surface area contributed by atoms with Crippen molar-refractivity contribution in [3.05, 3.63) is 29.6 Å². The Labute approximate surface area is 187 Å². The maximum absolute atomic E-state index is 14.7. The molecule has 32 heavy (non-hydrogen) atoms. The molecule has 0 spiro atoms. The number of benzene rings is 1. The number of carbonyl (C=O) groups is 3. The molecule has 0 saturated heterocycles. The number of rotatable bonds is 10. The summed E-state index contributed by atoms with van der Waals surface area (Å²) in [6, 6.07) is 3.84. The third kappa shape index (κ3) is 10.7. The molecule has 0 radical (unpaired) electrons. The zero-order chi connectivity index (χ0) is 24.3. The molecule has 0 aliphatic rings. The lowest BCUT2D eigenvalue weighted by Crippen LogP contribution is -2.42. The molecule has 0 heterocycles. The second-order valence-corrected chi connectivity index (χ2v) is 8.36. The van der Waals surface area contributed by atoms with Crippen LogP contribution in [0.2, 0.25) is 0 Å². The first-order valence-corrected chi connectivity index (χ1v) is 10.3. The molecule has 0 bridgehead atoms. The third-order valence-electron chi connectivity index (χ3n) is 4.21. The predicted molar refractivity (Wildman–Crippen MR) is 116 cm³/mol. The Morgan fingerprint density at radius 1 is 1.25 bits per heavy atom. The Hall–Kier alpha value is -3.28. The largest absolute Gasteiger partial charge is 0.488 e. The number of carboxylic acids is 1. The quantitative estimate of drug-likeness (QED) is 0.470. The van der Waals surface area contributed by atoms with E-state index in [1.165, 1.54) is 12.1 Å². The Morgan fingerprint density at radius 3 is 2.53 bits per heavy atom. The molecule has 4 N–H and O–H groups in total. The lowest BCUT2D eigenvalue weighted by atomic mass is 10.1. The number of nitrogens with one attached hydrogen (secondary N) is 1. The van der Waals surface area contributed by atoms with E-state index in [-0.39, 0.29) is 30.8 Å². The predicted octanol–water partition coefficient (Wildman–Crippen LogP) is 3.22. The van der Waals surface area contributed by atoms with Crippen molar-refractivity contribution < 1.29 is 33.4 Å². The van der Waals surface area contributed by atoms with E-state index in [2.05, 4.69) is 17.2 Å². The molecule has 176 valence electrons. The average molecular weight is 451 g/mol. The summed E-state index contributed by atoms with van der Waals surface area (Å²) >= 11 is 0. The van der Waals surface area contributed by atoms with Gasteiger partial charge in [0, 0.05) is 12.8 Å². The maximum Gasteiger partial charge on any atom is 0.407 e. The fourth-order valence-electron chi connectivity index (χ4n) is 2.47. The summed E-state index contributed by atoms with van der Waals surface area (Å²) < 4.78 is 25.5. The minimum atomic E-state index is -0.903. The number of hydrogen-bond donors (Lipinski definition) is 3. The van der Waals surface area contributed by atoms with Crippen molar-refractivity contribution in [1.29, 1.82) is 0 Å². The van der Waals surface area contributed by atoms with Crippen molar-refractivity contribution in [2.75, 3.05) is 6.61 Å². The van der Waals surface area contributed by atoms with E-state index in [9.17, 15) is 18.8 Å². The van der Waals surface area contributed by atoms with Gasteiger partial charge in [-0.25, -0.2) is 9.18 Å². The topological polar surface area (TPSA) is 128 Å². The van der Waals surface area contributed by atoms with E-state index < -0.39 is 41.3 Å². The van der Waals surface area contributed by atoms with Crippen LogP contribution >= 0.6 is 0 Å². The number of hydrogen-bond acceptors (Lipinski definition) is 5. The van der Waals surface area contributed by atoms with Crippen LogP contribution in [0.4, 0.5) is 9.18 Å². The number of primary amides is 1. The van der Waals surface area contributed by atoms with Crippen LogP contribution in [0.5, 0.6) is 5.75 Å². The first-order valence-electron chi connectivity index (χ1n) is 10.3. The van der Waals surface area contributed by atoms with E-state index in [0.29, 0.717) is 12.8 Å². The second-order valence-electron chi connectivity index (χ2n) is 8.36. The second kappa shape index (κ2) is 12.5. The van der Waals surface area contributed by atoms with Crippen molar-refractivity contribution in [3.8, 4) is 17.6 Å². The van der Waals surface area contributed by atoms with Crippen molar-refractivity contribution in [1.82, 2.24) is 5.32 Å². The van der Waals surface area contributed by atoms with Crippen molar-refractivity contribution >= 4 is 18.0 Å². The van der Waals surface area contributed by atoms with Crippen LogP contribution in [0, 0.1) is 23.6 Å². The smallest absolute Gasteiger partial charge is 0.407 e. The van der Waals surface area contributed by atoms with Gasteiger partial charge in [-0.05, 0) is 45.7 Å². The van der Waals surface area contributed by atoms with Crippen LogP contribution in [0.3, 0.4) is 0 Å². The number of carbonyl (C=O) groups excluding carboxylic acids is 2. The van der Waals surface area contributed by atoms with Crippen molar-refractivity contribution in [2.24, 2.45) is 11.7 Å². The van der Waals surface area contributed by atoms with Crippen LogP contribution < -0.4 is 15.8 Å². The zero-order valence-corrected chi connectivity index (χ0v) is 18.9. The van der Waals surface area contributed by atoms with Gasteiger partial charge in [0.25, 0.3) is 0 Å². The lowest BCUT2D eigenvalue weighted by molar-refractivity contribution is -0.141. The Balaban J connectivity index is 2.80. The molecule has 1 aromatic carbocycles. The molecule has 0 fully saturated rings. The van der Waals surface area contributed by atoms with E-state index in [1.54, 1.807) is 33.8 Å². The number of aliphatic carboxylic acids is 1. The number of alkyl carbamates (subject to hydrolysis) is 1. The Morgan fingerprint density at radius 2 is 1.94 bits per heavy atom. The summed E-state index contributed by atoms with van der Waals surface area (Å²) in [4.78, 5) is 34.0. The molecule has 1 rings (SSSR count). The van der Waals surface area contributed by atoms with Gasteiger partial charge in [0.05, 0.1) is 17.5 Å². The Kier molecular flexibility index (Phi) is 10.5. The molecular formula is C23H31FN2O6. The summed E-state index contributed by atoms with van der Waals surface area (Å²) in [6.07, 6.45) is 0.181. The SMILES string of the molecule is CC(CCC#Cc1cccc(OC[C@H](CCC(N)=O)NC(=O)OC(C)(C)C)c1F)C(=O)O. The number of amides is 2. The highest BCUT2D eigenvalue weighted by molar-refractivity contribution is 5.74. The summed E-state index contributed by atoms with van der Waals surface area (Å²) in [5.74, 6) is 2.75. The fourth-order valence-corrected chi connectivity index (χ4v) is 2.47. The molecule has 8 nitrogen and oxygen atoms in total. The minimum Gasteiger partial charge on any atom is -0.488 e. The standard InChI is InChI=1S/C23H31FN2O6/c1-15(21(28)29)8-5-6-9-16-10-7-11-18(20(16)24)31-14-17(12-13-19(25)27)26-22(30)32-23(2,3)4/h7,10-11,15,17H,5,8,12-14H2,1-4H3,(H2,25,27)(H,26,30)(H,28,29)/t15?,17-/m0/s1. The van der Waals surface area contributed by atoms with Gasteiger partial charge in [-0.15, -0.1) is 0 Å². The molecule has 1 unspecified atom stereocenters. The average Bonchev–Trinajstić information content (AvgIpc) is 2.67. The van der Waals surface area contributed by atoms with E-state index in [0.717, 1.165) is 0 Å². The molecule has 2 atom stereocenters. The first kappa shape index (κ1) is 26.8. The number of carboxylic acid groups (broad SMARTS) is 1. The van der Waals surface area contributed by atoms with Gasteiger partial charge in [-0.3, -0.25) is 9.59 Å². The van der Waals surface area contributed by atoms with Crippen LogP contribution in [-0.4, -0.2) is 41.3 Å². The molecule has 0 aliphatic carbocycles. The molecule has 1 aromatic rings. The highest BCUT2D eigenvalue weighted by Gasteiger charge is 2.21. The Bertz CT molecular complexity index is 869. The zero-order valence-electron chi connectivity index (χ0n) is 18.9. The van der Waals surface area contributed by atoms with Gasteiger partial charge in [-0.2, -0.15) is 0 Å².